The van der Waals surface area contributed by atoms with Crippen LogP contribution in [0.3, 0.4) is 0 Å². The van der Waals surface area contributed by atoms with Crippen LogP contribution in [0.1, 0.15) is 61.1 Å². The van der Waals surface area contributed by atoms with E-state index in [0.717, 1.165) is 30.3 Å². The van der Waals surface area contributed by atoms with Crippen molar-refractivity contribution in [1.82, 2.24) is 0 Å². The van der Waals surface area contributed by atoms with E-state index in [2.05, 4.69) is 69.8 Å². The van der Waals surface area contributed by atoms with Gasteiger partial charge in [-0.15, -0.1) is 11.3 Å². The first-order valence-corrected chi connectivity index (χ1v) is 13.4. The Morgan fingerprint density at radius 3 is 2.58 bits per heavy atom. The monoisotopic (exact) mass is 456 g/mol. The minimum Gasteiger partial charge on any atom is -0.454 e. The standard InChI is InChI=1S/C30H34NOS/c1-17(2)14-21-10-11-22-18(3)26-28-27-24(12-13-31(28)5)33-25(16-20-8-6-7-9-20)30(27)32-29(26)19(4)23(22)15-21/h10-13,15,17,20H,6-9,14,16H2,1-5H3/q+1. The topological polar surface area (TPSA) is 13.1 Å². The van der Waals surface area contributed by atoms with Crippen LogP contribution in [0.5, 0.6) is 11.5 Å². The average molecular weight is 457 g/mol. The van der Waals surface area contributed by atoms with E-state index in [4.69, 9.17) is 4.74 Å². The Kier molecular flexibility index (Phi) is 5.03. The molecular formula is C30H34NOS+. The Morgan fingerprint density at radius 2 is 1.82 bits per heavy atom. The van der Waals surface area contributed by atoms with E-state index in [1.54, 1.807) is 0 Å². The van der Waals surface area contributed by atoms with E-state index in [-0.39, 0.29) is 0 Å². The van der Waals surface area contributed by atoms with Gasteiger partial charge in [0.25, 0.3) is 0 Å². The highest BCUT2D eigenvalue weighted by molar-refractivity contribution is 7.19. The summed E-state index contributed by atoms with van der Waals surface area (Å²) >= 11 is 1.96. The number of benzene rings is 2. The highest BCUT2D eigenvalue weighted by atomic mass is 32.1. The first-order chi connectivity index (χ1) is 15.9. The summed E-state index contributed by atoms with van der Waals surface area (Å²) in [5.74, 6) is 3.68. The molecule has 1 saturated carbocycles. The minimum atomic E-state index is 0.654. The molecule has 1 fully saturated rings. The number of pyridine rings is 1. The van der Waals surface area contributed by atoms with E-state index in [9.17, 15) is 0 Å². The molecule has 1 aliphatic heterocycles. The van der Waals surface area contributed by atoms with Crippen molar-refractivity contribution in [2.45, 2.75) is 66.2 Å². The second kappa shape index (κ2) is 7.84. The Balaban J connectivity index is 1.60. The molecule has 0 amide bonds. The van der Waals surface area contributed by atoms with E-state index in [0.29, 0.717) is 5.92 Å². The predicted molar refractivity (Wildman–Crippen MR) is 140 cm³/mol. The zero-order valence-corrected chi connectivity index (χ0v) is 21.4. The summed E-state index contributed by atoms with van der Waals surface area (Å²) in [5, 5.41) is 4.02. The SMILES string of the molecule is Cc1c2c(c(C)c3ccc(CC(C)C)cc13)-c1c3c(c(CC4CCCC4)sc3cc[n+]1C)O2. The number of rotatable bonds is 4. The number of hydrogen-bond acceptors (Lipinski definition) is 2. The number of nitrogens with zero attached hydrogens (tertiary/aromatic N) is 1. The van der Waals surface area contributed by atoms with Gasteiger partial charge in [0, 0.05) is 16.5 Å². The van der Waals surface area contributed by atoms with Crippen LogP contribution < -0.4 is 9.30 Å². The number of fused-ring (bicyclic) bond motifs is 3. The molecule has 4 aromatic rings. The Morgan fingerprint density at radius 1 is 1.03 bits per heavy atom. The van der Waals surface area contributed by atoms with E-state index in [1.165, 1.54) is 79.4 Å². The van der Waals surface area contributed by atoms with E-state index in [1.807, 2.05) is 11.3 Å². The van der Waals surface area contributed by atoms with Crippen molar-refractivity contribution in [2.75, 3.05) is 0 Å². The second-order valence-corrected chi connectivity index (χ2v) is 11.9. The fourth-order valence-corrected chi connectivity index (χ4v) is 7.47. The quantitative estimate of drug-likeness (QED) is 0.248. The minimum absolute atomic E-state index is 0.654. The molecular weight excluding hydrogens is 422 g/mol. The van der Waals surface area contributed by atoms with Crippen LogP contribution in [0, 0.1) is 25.7 Å². The summed E-state index contributed by atoms with van der Waals surface area (Å²) in [6.45, 7) is 9.13. The molecule has 0 radical (unpaired) electrons. The third-order valence-electron chi connectivity index (χ3n) is 7.87. The third kappa shape index (κ3) is 3.31. The Hall–Kier alpha value is -2.39. The van der Waals surface area contributed by atoms with Gasteiger partial charge in [0.2, 0.25) is 5.69 Å². The molecule has 0 N–H and O–H groups in total. The molecule has 0 bridgehead atoms. The van der Waals surface area contributed by atoms with E-state index < -0.39 is 0 Å². The Labute approximate surface area is 201 Å². The molecule has 170 valence electrons. The van der Waals surface area contributed by atoms with Crippen LogP contribution in [0.15, 0.2) is 30.5 Å². The van der Waals surface area contributed by atoms with Gasteiger partial charge in [0.15, 0.2) is 11.9 Å². The maximum atomic E-state index is 6.92. The molecule has 0 saturated heterocycles. The lowest BCUT2D eigenvalue weighted by Crippen LogP contribution is -2.31. The first-order valence-electron chi connectivity index (χ1n) is 12.6. The van der Waals surface area contributed by atoms with Crippen molar-refractivity contribution in [3.8, 4) is 22.8 Å². The lowest BCUT2D eigenvalue weighted by atomic mass is 9.88. The van der Waals surface area contributed by atoms with Crippen molar-refractivity contribution in [3.63, 3.8) is 0 Å². The molecule has 2 aliphatic rings. The van der Waals surface area contributed by atoms with Gasteiger partial charge in [-0.3, -0.25) is 0 Å². The van der Waals surface area contributed by atoms with Crippen molar-refractivity contribution >= 4 is 32.2 Å². The average Bonchev–Trinajstić information content (AvgIpc) is 3.42. The molecule has 3 heterocycles. The summed E-state index contributed by atoms with van der Waals surface area (Å²) in [5.41, 5.74) is 6.63. The third-order valence-corrected chi connectivity index (χ3v) is 9.03. The molecule has 33 heavy (non-hydrogen) atoms. The summed E-state index contributed by atoms with van der Waals surface area (Å²) < 4.78 is 10.6. The number of aromatic nitrogens is 1. The maximum Gasteiger partial charge on any atom is 0.228 e. The smallest absolute Gasteiger partial charge is 0.228 e. The maximum absolute atomic E-state index is 6.92. The highest BCUT2D eigenvalue weighted by Crippen LogP contribution is 2.54. The fraction of sp³-hybridized carbons (Fsp3) is 0.433. The summed E-state index contributed by atoms with van der Waals surface area (Å²) in [6, 6.07) is 9.34. The molecule has 6 rings (SSSR count). The molecule has 0 spiro atoms. The normalized spacial score (nSPS) is 15.6. The molecule has 2 nitrogen and oxygen atoms in total. The zero-order chi connectivity index (χ0) is 22.9. The van der Waals surface area contributed by atoms with Gasteiger partial charge in [0.1, 0.15) is 18.2 Å². The largest absolute Gasteiger partial charge is 0.454 e. The van der Waals surface area contributed by atoms with Crippen LogP contribution in [0.25, 0.3) is 32.1 Å². The van der Waals surface area contributed by atoms with Gasteiger partial charge in [0.05, 0.1) is 10.3 Å². The molecule has 2 aromatic heterocycles. The highest BCUT2D eigenvalue weighted by Gasteiger charge is 2.35. The Bertz CT molecular complexity index is 1400. The summed E-state index contributed by atoms with van der Waals surface area (Å²) in [4.78, 5) is 1.45. The van der Waals surface area contributed by atoms with Gasteiger partial charge >= 0.3 is 0 Å². The van der Waals surface area contributed by atoms with Crippen LogP contribution in [-0.4, -0.2) is 0 Å². The summed E-state index contributed by atoms with van der Waals surface area (Å²) in [6.07, 6.45) is 10.0. The lowest BCUT2D eigenvalue weighted by molar-refractivity contribution is -0.659. The predicted octanol–water partition coefficient (Wildman–Crippen LogP) is 8.20. The van der Waals surface area contributed by atoms with Gasteiger partial charge in [-0.25, -0.2) is 4.57 Å². The van der Waals surface area contributed by atoms with Crippen LogP contribution in [-0.2, 0) is 19.9 Å². The zero-order valence-electron chi connectivity index (χ0n) is 20.5. The number of aryl methyl sites for hydroxylation is 3. The van der Waals surface area contributed by atoms with Crippen LogP contribution in [0.2, 0.25) is 0 Å². The van der Waals surface area contributed by atoms with Gasteiger partial charge < -0.3 is 4.74 Å². The van der Waals surface area contributed by atoms with Crippen LogP contribution in [0.4, 0.5) is 0 Å². The van der Waals surface area contributed by atoms with Crippen molar-refractivity contribution in [3.05, 3.63) is 52.0 Å². The molecule has 0 unspecified atom stereocenters. The molecule has 0 atom stereocenters. The van der Waals surface area contributed by atoms with Crippen LogP contribution >= 0.6 is 11.3 Å². The first kappa shape index (κ1) is 21.2. The molecule has 2 aromatic carbocycles. The lowest BCUT2D eigenvalue weighted by Gasteiger charge is -2.23. The summed E-state index contributed by atoms with van der Waals surface area (Å²) in [7, 11) is 2.19. The molecule has 1 aliphatic carbocycles. The van der Waals surface area contributed by atoms with Gasteiger partial charge in [-0.05, 0) is 60.4 Å². The van der Waals surface area contributed by atoms with Crippen molar-refractivity contribution in [1.29, 1.82) is 0 Å². The van der Waals surface area contributed by atoms with Crippen molar-refractivity contribution in [2.24, 2.45) is 18.9 Å². The van der Waals surface area contributed by atoms with Gasteiger partial charge in [-0.2, -0.15) is 0 Å². The number of ether oxygens (including phenoxy) is 1. The van der Waals surface area contributed by atoms with Crippen molar-refractivity contribution < 1.29 is 9.30 Å². The second-order valence-electron chi connectivity index (χ2n) is 10.8. The van der Waals surface area contributed by atoms with E-state index >= 15 is 0 Å². The number of thiophene rings is 1. The molecule has 3 heteroatoms. The fourth-order valence-electron chi connectivity index (χ4n) is 6.23. The van der Waals surface area contributed by atoms with Gasteiger partial charge in [-0.1, -0.05) is 57.7 Å². The number of hydrogen-bond donors (Lipinski definition) is 0.